The second-order valence-corrected chi connectivity index (χ2v) is 4.60. The summed E-state index contributed by atoms with van der Waals surface area (Å²) in [7, 11) is 1.55. The number of ether oxygens (including phenoxy) is 2. The highest BCUT2D eigenvalue weighted by Crippen LogP contribution is 2.03. The molecule has 0 saturated heterocycles. The summed E-state index contributed by atoms with van der Waals surface area (Å²) in [4.78, 5) is 23.5. The molecule has 0 aliphatic rings. The molecule has 8 heteroatoms. The Morgan fingerprint density at radius 1 is 1.57 bits per heavy atom. The van der Waals surface area contributed by atoms with E-state index in [9.17, 15) is 9.59 Å². The summed E-state index contributed by atoms with van der Waals surface area (Å²) in [6.07, 6.45) is 2.10. The predicted octanol–water partition coefficient (Wildman–Crippen LogP) is -0.878. The number of aromatic nitrogens is 2. The summed E-state index contributed by atoms with van der Waals surface area (Å²) in [6, 6.07) is 1.17. The molecule has 0 bridgehead atoms. The normalized spacial score (nSPS) is 12.0. The molecule has 118 valence electrons. The van der Waals surface area contributed by atoms with E-state index in [0.29, 0.717) is 31.9 Å². The second kappa shape index (κ2) is 9.09. The molecule has 0 fully saturated rings. The molecule has 1 unspecified atom stereocenters. The van der Waals surface area contributed by atoms with Crippen LogP contribution in [0.25, 0.3) is 0 Å². The number of nitrogens with two attached hydrogens (primary N) is 1. The highest BCUT2D eigenvalue weighted by atomic mass is 16.5. The molecular weight excluding hydrogens is 276 g/mol. The molecule has 1 aromatic heterocycles. The lowest BCUT2D eigenvalue weighted by molar-refractivity contribution is -0.122. The largest absolute Gasteiger partial charge is 0.492 e. The maximum atomic E-state index is 11.8. The van der Waals surface area contributed by atoms with Crippen molar-refractivity contribution in [2.24, 2.45) is 5.73 Å². The van der Waals surface area contributed by atoms with Gasteiger partial charge in [0, 0.05) is 19.2 Å². The molecule has 1 rings (SSSR count). The summed E-state index contributed by atoms with van der Waals surface area (Å²) in [5.74, 6) is 0.0730. The fourth-order valence-corrected chi connectivity index (χ4v) is 1.64. The molecule has 0 aliphatic heterocycles. The lowest BCUT2D eigenvalue weighted by atomic mass is 10.3. The Morgan fingerprint density at radius 3 is 2.95 bits per heavy atom. The summed E-state index contributed by atoms with van der Waals surface area (Å²) >= 11 is 0. The number of hydrogen-bond acceptors (Lipinski definition) is 6. The van der Waals surface area contributed by atoms with Gasteiger partial charge in [0.05, 0.1) is 19.4 Å². The monoisotopic (exact) mass is 298 g/mol. The average molecular weight is 298 g/mol. The summed E-state index contributed by atoms with van der Waals surface area (Å²) in [5, 5.41) is 6.61. The lowest BCUT2D eigenvalue weighted by Crippen LogP contribution is -2.39. The molecule has 3 N–H and O–H groups in total. The molecule has 0 saturated carbocycles. The minimum absolute atomic E-state index is 0.128. The number of amides is 1. The van der Waals surface area contributed by atoms with Gasteiger partial charge in [-0.1, -0.05) is 0 Å². The smallest absolute Gasteiger partial charge is 0.270 e. The number of nitrogens with zero attached hydrogens (tertiary/aromatic N) is 2. The van der Waals surface area contributed by atoms with Gasteiger partial charge >= 0.3 is 0 Å². The van der Waals surface area contributed by atoms with Crippen LogP contribution in [0.4, 0.5) is 0 Å². The number of hydrogen-bond donors (Lipinski definition) is 2. The first-order valence-corrected chi connectivity index (χ1v) is 6.75. The fourth-order valence-electron chi connectivity index (χ4n) is 1.64. The maximum Gasteiger partial charge on any atom is 0.270 e. The van der Waals surface area contributed by atoms with Crippen molar-refractivity contribution in [2.45, 2.75) is 25.9 Å². The van der Waals surface area contributed by atoms with Crippen molar-refractivity contribution in [1.82, 2.24) is 15.1 Å². The van der Waals surface area contributed by atoms with Crippen LogP contribution < -0.4 is 21.3 Å². The van der Waals surface area contributed by atoms with E-state index < -0.39 is 5.56 Å². The summed E-state index contributed by atoms with van der Waals surface area (Å²) in [5.41, 5.74) is 4.95. The van der Waals surface area contributed by atoms with Crippen molar-refractivity contribution in [1.29, 1.82) is 0 Å². The lowest BCUT2D eigenvalue weighted by Gasteiger charge is -2.13. The van der Waals surface area contributed by atoms with Crippen molar-refractivity contribution >= 4 is 5.91 Å². The first-order chi connectivity index (χ1) is 10.1. The average Bonchev–Trinajstić information content (AvgIpc) is 2.42. The molecule has 1 amide bonds. The van der Waals surface area contributed by atoms with Crippen LogP contribution in [0.2, 0.25) is 0 Å². The van der Waals surface area contributed by atoms with Gasteiger partial charge in [0.1, 0.15) is 12.3 Å². The van der Waals surface area contributed by atoms with Crippen LogP contribution in [0, 0.1) is 0 Å². The van der Waals surface area contributed by atoms with E-state index in [1.54, 1.807) is 7.11 Å². The molecule has 0 aromatic carbocycles. The highest BCUT2D eigenvalue weighted by Gasteiger charge is 2.10. The zero-order chi connectivity index (χ0) is 15.7. The number of methoxy groups -OCH3 is 1. The highest BCUT2D eigenvalue weighted by molar-refractivity contribution is 5.75. The zero-order valence-corrected chi connectivity index (χ0v) is 12.4. The third kappa shape index (κ3) is 6.37. The zero-order valence-electron chi connectivity index (χ0n) is 12.4. The van der Waals surface area contributed by atoms with E-state index in [1.807, 2.05) is 6.92 Å². The number of carbonyl (C=O) groups is 1. The molecule has 0 aliphatic carbocycles. The van der Waals surface area contributed by atoms with Gasteiger partial charge in [-0.05, 0) is 19.9 Å². The van der Waals surface area contributed by atoms with Crippen LogP contribution in [0.15, 0.2) is 17.1 Å². The first kappa shape index (κ1) is 17.1. The van der Waals surface area contributed by atoms with Crippen LogP contribution in [0.3, 0.4) is 0 Å². The third-order valence-electron chi connectivity index (χ3n) is 2.58. The van der Waals surface area contributed by atoms with Crippen molar-refractivity contribution in [3.63, 3.8) is 0 Å². The van der Waals surface area contributed by atoms with Gasteiger partial charge in [0.25, 0.3) is 5.56 Å². The summed E-state index contributed by atoms with van der Waals surface area (Å²) in [6.45, 7) is 3.02. The third-order valence-corrected chi connectivity index (χ3v) is 2.58. The number of carbonyl (C=O) groups excluding carboxylic acids is 1. The molecular formula is C13H22N4O4. The maximum absolute atomic E-state index is 11.8. The minimum Gasteiger partial charge on any atom is -0.492 e. The Balaban J connectivity index is 2.56. The van der Waals surface area contributed by atoms with Gasteiger partial charge in [0.15, 0.2) is 0 Å². The quantitative estimate of drug-likeness (QED) is 0.573. The van der Waals surface area contributed by atoms with Gasteiger partial charge in [-0.15, -0.1) is 0 Å². The van der Waals surface area contributed by atoms with Crippen molar-refractivity contribution in [2.75, 3.05) is 26.9 Å². The van der Waals surface area contributed by atoms with E-state index in [-0.39, 0.29) is 18.5 Å². The molecule has 21 heavy (non-hydrogen) atoms. The molecule has 1 heterocycles. The van der Waals surface area contributed by atoms with Gasteiger partial charge in [-0.3, -0.25) is 9.59 Å². The van der Waals surface area contributed by atoms with Gasteiger partial charge in [-0.25, -0.2) is 4.68 Å². The Hall–Kier alpha value is -1.93. The van der Waals surface area contributed by atoms with Crippen LogP contribution in [0.5, 0.6) is 5.75 Å². The van der Waals surface area contributed by atoms with E-state index in [0.717, 1.165) is 4.68 Å². The topological polar surface area (TPSA) is 108 Å². The van der Waals surface area contributed by atoms with Crippen molar-refractivity contribution in [3.05, 3.63) is 22.6 Å². The van der Waals surface area contributed by atoms with Crippen LogP contribution in [-0.2, 0) is 16.1 Å². The molecule has 1 aromatic rings. The minimum atomic E-state index is -0.394. The van der Waals surface area contributed by atoms with Crippen LogP contribution in [0.1, 0.15) is 13.3 Å². The predicted molar refractivity (Wildman–Crippen MR) is 77.1 cm³/mol. The molecule has 8 nitrogen and oxygen atoms in total. The van der Waals surface area contributed by atoms with E-state index >= 15 is 0 Å². The Kier molecular flexibility index (Phi) is 7.41. The van der Waals surface area contributed by atoms with E-state index in [1.165, 1.54) is 12.3 Å². The Bertz CT molecular complexity index is 503. The first-order valence-electron chi connectivity index (χ1n) is 6.75. The Labute approximate surface area is 123 Å². The van der Waals surface area contributed by atoms with Crippen molar-refractivity contribution in [3.8, 4) is 5.75 Å². The van der Waals surface area contributed by atoms with Gasteiger partial charge < -0.3 is 20.5 Å². The standard InChI is InChI=1S/C13H22N4O4/c1-10(9-20-2)16-12(18)8-17-13(19)6-11(7-15-17)21-5-3-4-14/h6-7,10H,3-5,8-9,14H2,1-2H3,(H,16,18). The molecule has 1 atom stereocenters. The Morgan fingerprint density at radius 2 is 2.33 bits per heavy atom. The number of rotatable bonds is 9. The number of nitrogens with one attached hydrogen (secondary N) is 1. The van der Waals surface area contributed by atoms with Gasteiger partial charge in [-0.2, -0.15) is 5.10 Å². The fraction of sp³-hybridized carbons (Fsp3) is 0.615. The molecule has 0 radical (unpaired) electrons. The summed E-state index contributed by atoms with van der Waals surface area (Å²) < 4.78 is 11.3. The van der Waals surface area contributed by atoms with E-state index in [4.69, 9.17) is 15.2 Å². The van der Waals surface area contributed by atoms with Crippen molar-refractivity contribution < 1.29 is 14.3 Å². The molecule has 0 spiro atoms. The van der Waals surface area contributed by atoms with E-state index in [2.05, 4.69) is 10.4 Å². The van der Waals surface area contributed by atoms with Crippen LogP contribution >= 0.6 is 0 Å². The second-order valence-electron chi connectivity index (χ2n) is 4.60. The SMILES string of the molecule is COCC(C)NC(=O)Cn1ncc(OCCCN)cc1=O. The van der Waals surface area contributed by atoms with Crippen LogP contribution in [-0.4, -0.2) is 48.6 Å². The van der Waals surface area contributed by atoms with Gasteiger partial charge in [0.2, 0.25) is 5.91 Å².